The fraction of sp³-hybridized carbons (Fsp3) is 0.727. The highest BCUT2D eigenvalue weighted by Crippen LogP contribution is 2.32. The lowest BCUT2D eigenvalue weighted by Gasteiger charge is -2.40. The van der Waals surface area contributed by atoms with Gasteiger partial charge in [0.2, 0.25) is 5.91 Å². The molecule has 0 saturated carbocycles. The Morgan fingerprint density at radius 3 is 2.43 bits per heavy atom. The fourth-order valence-corrected chi connectivity index (χ4v) is 8.63. The molecule has 2 aromatic rings. The van der Waals surface area contributed by atoms with Crippen molar-refractivity contribution in [1.82, 2.24) is 25.8 Å². The van der Waals surface area contributed by atoms with Crippen molar-refractivity contribution in [3.05, 3.63) is 45.9 Å². The molecule has 0 bridgehead atoms. The number of thiazole rings is 1. The van der Waals surface area contributed by atoms with Gasteiger partial charge in [-0.05, 0) is 94.9 Å². The molecule has 2 amide bonds. The zero-order valence-electron chi connectivity index (χ0n) is 35.9. The molecule has 1 unspecified atom stereocenters. The number of nitrogens with one attached hydrogen (secondary N) is 3. The minimum atomic E-state index is -1.06. The van der Waals surface area contributed by atoms with E-state index in [1.54, 1.807) is 31.4 Å². The van der Waals surface area contributed by atoms with Gasteiger partial charge in [0.1, 0.15) is 16.8 Å². The maximum Gasteiger partial charge on any atom is 0.309 e. The number of anilines is 1. The van der Waals surface area contributed by atoms with E-state index in [-0.39, 0.29) is 47.8 Å². The first-order valence-electron chi connectivity index (χ1n) is 21.3. The van der Waals surface area contributed by atoms with Crippen molar-refractivity contribution in [1.29, 1.82) is 0 Å². The third-order valence-electron chi connectivity index (χ3n) is 11.5. The van der Waals surface area contributed by atoms with E-state index in [1.165, 1.54) is 17.8 Å². The van der Waals surface area contributed by atoms with Crippen molar-refractivity contribution in [2.24, 2.45) is 23.2 Å². The highest BCUT2D eigenvalue weighted by Gasteiger charge is 2.37. The fourth-order valence-electron chi connectivity index (χ4n) is 7.77. The van der Waals surface area contributed by atoms with Crippen molar-refractivity contribution in [2.75, 3.05) is 32.0 Å². The number of amides is 2. The van der Waals surface area contributed by atoms with Crippen LogP contribution in [-0.2, 0) is 20.7 Å². The Morgan fingerprint density at radius 1 is 1.11 bits per heavy atom. The zero-order chi connectivity index (χ0) is 41.4. The largest absolute Gasteiger partial charge is 0.481 e. The molecular weight excluding hydrogens is 725 g/mol. The summed E-state index contributed by atoms with van der Waals surface area (Å²) in [4.78, 5) is 47.7. The van der Waals surface area contributed by atoms with Crippen molar-refractivity contribution >= 4 is 34.8 Å². The number of benzene rings is 1. The van der Waals surface area contributed by atoms with Crippen LogP contribution in [-0.4, -0.2) is 83.2 Å². The average molecular weight is 799 g/mol. The summed E-state index contributed by atoms with van der Waals surface area (Å²) in [6, 6.07) is 6.91. The number of carbonyl (C=O) groups excluding carboxylic acids is 2. The highest BCUT2D eigenvalue weighted by molar-refractivity contribution is 7.09. The van der Waals surface area contributed by atoms with Crippen LogP contribution >= 0.6 is 11.3 Å². The lowest BCUT2D eigenvalue weighted by atomic mass is 9.84. The summed E-state index contributed by atoms with van der Waals surface area (Å²) in [5, 5.41) is 22.8. The van der Waals surface area contributed by atoms with Crippen LogP contribution < -0.4 is 21.7 Å². The summed E-state index contributed by atoms with van der Waals surface area (Å²) in [7, 11) is 0. The second-order valence-electron chi connectivity index (χ2n) is 17.2. The van der Waals surface area contributed by atoms with Gasteiger partial charge in [0.15, 0.2) is 0 Å². The number of nitrogen functional groups attached to an aromatic ring is 1. The number of ether oxygens (including phenoxy) is 1. The number of piperidine rings is 1. The van der Waals surface area contributed by atoms with Gasteiger partial charge in [0.25, 0.3) is 5.91 Å². The van der Waals surface area contributed by atoms with Gasteiger partial charge in [-0.1, -0.05) is 79.4 Å². The topological polar surface area (TPSA) is 159 Å². The molecule has 3 rings (SSSR count). The minimum Gasteiger partial charge on any atom is -0.481 e. The molecule has 2 heterocycles. The number of hydrogen-bond donors (Lipinski definition) is 5. The van der Waals surface area contributed by atoms with Crippen LogP contribution in [0.4, 0.5) is 5.69 Å². The Labute approximate surface area is 341 Å². The summed E-state index contributed by atoms with van der Waals surface area (Å²) in [5.74, 6) is -0.132. The number of aromatic nitrogens is 1. The molecule has 316 valence electrons. The molecule has 11 nitrogen and oxygen atoms in total. The molecule has 1 fully saturated rings. The van der Waals surface area contributed by atoms with E-state index in [9.17, 15) is 19.5 Å². The van der Waals surface area contributed by atoms with Crippen molar-refractivity contribution in [3.63, 3.8) is 0 Å². The number of carbonyl (C=O) groups is 3. The van der Waals surface area contributed by atoms with Crippen LogP contribution in [0.2, 0.25) is 0 Å². The van der Waals surface area contributed by atoms with Crippen molar-refractivity contribution in [2.45, 2.75) is 157 Å². The maximum absolute atomic E-state index is 14.8. The summed E-state index contributed by atoms with van der Waals surface area (Å²) in [5.41, 5.74) is 6.69. The van der Waals surface area contributed by atoms with Crippen LogP contribution in [0, 0.1) is 23.2 Å². The summed E-state index contributed by atoms with van der Waals surface area (Å²) in [6.45, 7) is 21.4. The smallest absolute Gasteiger partial charge is 0.309 e. The molecule has 1 aliphatic rings. The number of nitrogens with two attached hydrogens (primary N) is 1. The lowest BCUT2D eigenvalue weighted by Crippen LogP contribution is -2.57. The van der Waals surface area contributed by atoms with Gasteiger partial charge in [0.05, 0.1) is 11.5 Å². The van der Waals surface area contributed by atoms with Gasteiger partial charge < -0.3 is 36.4 Å². The summed E-state index contributed by atoms with van der Waals surface area (Å²) >= 11 is 1.39. The van der Waals surface area contributed by atoms with Crippen molar-refractivity contribution in [3.8, 4) is 0 Å². The monoisotopic (exact) mass is 799 g/mol. The predicted molar refractivity (Wildman–Crippen MR) is 229 cm³/mol. The first kappa shape index (κ1) is 47.3. The second kappa shape index (κ2) is 23.4. The zero-order valence-corrected chi connectivity index (χ0v) is 36.7. The molecule has 1 saturated heterocycles. The van der Waals surface area contributed by atoms with Crippen LogP contribution in [0.1, 0.15) is 147 Å². The minimum absolute atomic E-state index is 0.106. The molecule has 1 aromatic heterocycles. The maximum atomic E-state index is 14.8. The van der Waals surface area contributed by atoms with E-state index in [4.69, 9.17) is 15.5 Å². The van der Waals surface area contributed by atoms with E-state index >= 15 is 0 Å². The number of hydrogen-bond acceptors (Lipinski definition) is 9. The third kappa shape index (κ3) is 14.7. The molecule has 7 atom stereocenters. The quantitative estimate of drug-likeness (QED) is 0.0498. The van der Waals surface area contributed by atoms with Crippen molar-refractivity contribution < 1.29 is 24.2 Å². The third-order valence-corrected chi connectivity index (χ3v) is 12.4. The first-order chi connectivity index (χ1) is 26.6. The lowest BCUT2D eigenvalue weighted by molar-refractivity contribution is -0.147. The normalized spacial score (nSPS) is 18.9. The van der Waals surface area contributed by atoms with E-state index in [2.05, 4.69) is 62.4 Å². The molecule has 1 aromatic carbocycles. The standard InChI is InChI=1S/C44H74N6O5S/c1-10-13-14-15-22-50(42(52)39(31(7)11-2)47-27-35-23-30(6)20-21-46-35)37(29(4)5)25-38(55-12-3)41-49-36(28-56-41)40(51)48-34(26-44(8,9)43(53)54)24-32-16-18-33(45)19-17-32/h16-19,28-31,34-35,37-39,46-47H,10-15,20-27,45H2,1-9H3,(H,48,51)(H,53,54)/t30-,31+,34+,35?,37-,38-,39+/m1/s1. The summed E-state index contributed by atoms with van der Waals surface area (Å²) in [6.07, 6.45) is 8.28. The van der Waals surface area contributed by atoms with Crippen LogP contribution in [0.15, 0.2) is 29.6 Å². The Morgan fingerprint density at radius 2 is 1.82 bits per heavy atom. The van der Waals surface area contributed by atoms with Crippen LogP contribution in [0.5, 0.6) is 0 Å². The molecule has 12 heteroatoms. The number of aliphatic carboxylic acids is 1. The number of rotatable bonds is 25. The highest BCUT2D eigenvalue weighted by atomic mass is 32.1. The Kier molecular flexibility index (Phi) is 19.7. The van der Waals surface area contributed by atoms with Crippen LogP contribution in [0.25, 0.3) is 0 Å². The van der Waals surface area contributed by atoms with Gasteiger partial charge in [0, 0.05) is 55.3 Å². The van der Waals surface area contributed by atoms with Gasteiger partial charge in [-0.2, -0.15) is 0 Å². The average Bonchev–Trinajstić information content (AvgIpc) is 3.65. The van der Waals surface area contributed by atoms with E-state index in [0.29, 0.717) is 48.6 Å². The number of unbranched alkanes of at least 4 members (excludes halogenated alkanes) is 3. The molecular formula is C44H74N6O5S. The molecule has 6 N–H and O–H groups in total. The number of nitrogens with zero attached hydrogens (tertiary/aromatic N) is 2. The van der Waals surface area contributed by atoms with Crippen LogP contribution in [0.3, 0.4) is 0 Å². The van der Waals surface area contributed by atoms with Gasteiger partial charge in [-0.25, -0.2) is 4.98 Å². The van der Waals surface area contributed by atoms with E-state index in [1.807, 2.05) is 19.1 Å². The number of carboxylic acid groups (broad SMARTS) is 1. The second-order valence-corrected chi connectivity index (χ2v) is 18.1. The Hall–Kier alpha value is -3.06. The molecule has 0 aliphatic carbocycles. The van der Waals surface area contributed by atoms with Gasteiger partial charge >= 0.3 is 5.97 Å². The Bertz CT molecular complexity index is 1480. The number of carboxylic acids is 1. The summed E-state index contributed by atoms with van der Waals surface area (Å²) < 4.78 is 6.38. The molecule has 0 radical (unpaired) electrons. The first-order valence-corrected chi connectivity index (χ1v) is 22.2. The van der Waals surface area contributed by atoms with Gasteiger partial charge in [-0.15, -0.1) is 11.3 Å². The Balaban J connectivity index is 1.87. The molecule has 56 heavy (non-hydrogen) atoms. The molecule has 0 spiro atoms. The van der Waals surface area contributed by atoms with E-state index < -0.39 is 23.5 Å². The van der Waals surface area contributed by atoms with E-state index in [0.717, 1.165) is 57.2 Å². The van der Waals surface area contributed by atoms with Gasteiger partial charge in [-0.3, -0.25) is 14.4 Å². The predicted octanol–water partition coefficient (Wildman–Crippen LogP) is 7.86. The molecule has 1 aliphatic heterocycles. The SMILES string of the molecule is CCCCCCN(C(=O)[C@@H](NCC1C[C@H](C)CCN1)[C@@H](C)CC)[C@H](C[C@@H](OCC)c1nc(C(=O)N[C@@H](Cc2ccc(N)cc2)CC(C)(C)C(=O)O)cs1)C(C)C.